The van der Waals surface area contributed by atoms with Gasteiger partial charge in [-0.3, -0.25) is 4.79 Å². The predicted molar refractivity (Wildman–Crippen MR) is 57.3 cm³/mol. The summed E-state index contributed by atoms with van der Waals surface area (Å²) < 4.78 is 37.4. The van der Waals surface area contributed by atoms with Crippen LogP contribution in [0, 0.1) is 0 Å². The highest BCUT2D eigenvalue weighted by molar-refractivity contribution is 6.57. The van der Waals surface area contributed by atoms with Crippen molar-refractivity contribution in [3.8, 4) is 0 Å². The Morgan fingerprint density at radius 2 is 1.81 bits per heavy atom. The van der Waals surface area contributed by atoms with E-state index < -0.39 is 19.0 Å². The minimum atomic E-state index is -5.00. The van der Waals surface area contributed by atoms with Crippen molar-refractivity contribution in [3.63, 3.8) is 0 Å². The van der Waals surface area contributed by atoms with Crippen molar-refractivity contribution in [1.82, 2.24) is 4.57 Å². The molecule has 0 spiro atoms. The third-order valence-electron chi connectivity index (χ3n) is 2.29. The van der Waals surface area contributed by atoms with E-state index in [0.29, 0.717) is 15.3 Å². The van der Waals surface area contributed by atoms with E-state index in [1.165, 1.54) is 18.3 Å². The van der Waals surface area contributed by atoms with Crippen LogP contribution in [0.1, 0.15) is 0 Å². The number of aromatic nitrogens is 1. The second-order valence-corrected chi connectivity index (χ2v) is 3.57. The van der Waals surface area contributed by atoms with Crippen LogP contribution in [-0.2, 0) is 6.44 Å². The van der Waals surface area contributed by atoms with Gasteiger partial charge in [-0.05, 0) is 24.0 Å². The highest BCUT2D eigenvalue weighted by Crippen LogP contribution is 2.12. The first kappa shape index (κ1) is 10.8. The van der Waals surface area contributed by atoms with Crippen molar-refractivity contribution in [3.05, 3.63) is 46.9 Å². The first-order valence-corrected chi connectivity index (χ1v) is 4.76. The molecule has 0 N–H and O–H groups in total. The number of halogens is 3. The van der Waals surface area contributed by atoms with E-state index in [4.69, 9.17) is 0 Å². The molecule has 2 rings (SSSR count). The smallest absolute Gasteiger partial charge is 0.448 e. The van der Waals surface area contributed by atoms with E-state index in [2.05, 4.69) is 0 Å². The number of hydrogen-bond acceptors (Lipinski definition) is 1. The minimum Gasteiger partial charge on any atom is -0.448 e. The zero-order valence-electron chi connectivity index (χ0n) is 8.24. The van der Waals surface area contributed by atoms with Gasteiger partial charge in [-0.15, -0.1) is 0 Å². The molecule has 2 nitrogen and oxygen atoms in total. The van der Waals surface area contributed by atoms with E-state index in [9.17, 15) is 17.7 Å². The largest absolute Gasteiger partial charge is 0.497 e. The van der Waals surface area contributed by atoms with Crippen LogP contribution in [0.15, 0.2) is 41.3 Å². The van der Waals surface area contributed by atoms with Crippen LogP contribution >= 0.6 is 0 Å². The molecule has 1 heterocycles. The Bertz CT molecular complexity index is 576. The van der Waals surface area contributed by atoms with Crippen LogP contribution in [0.25, 0.3) is 10.8 Å². The maximum Gasteiger partial charge on any atom is 0.497 e. The van der Waals surface area contributed by atoms with Crippen LogP contribution in [0.2, 0.25) is 0 Å². The van der Waals surface area contributed by atoms with E-state index >= 15 is 0 Å². The van der Waals surface area contributed by atoms with Crippen LogP contribution < -0.4 is 5.56 Å². The number of benzene rings is 1. The monoisotopic (exact) mass is 226 g/mol. The van der Waals surface area contributed by atoms with Gasteiger partial charge >= 0.3 is 6.98 Å². The van der Waals surface area contributed by atoms with Gasteiger partial charge in [-0.2, -0.15) is 0 Å². The van der Waals surface area contributed by atoms with Gasteiger partial charge in [0.05, 0.1) is 0 Å². The van der Waals surface area contributed by atoms with E-state index in [0.717, 1.165) is 0 Å². The van der Waals surface area contributed by atoms with Crippen molar-refractivity contribution in [2.75, 3.05) is 0 Å². The summed E-state index contributed by atoms with van der Waals surface area (Å²) in [5.74, 6) is 0. The molecular weight excluding hydrogens is 218 g/mol. The molecule has 0 fully saturated rings. The zero-order chi connectivity index (χ0) is 11.8. The molecule has 0 saturated carbocycles. The molecule has 16 heavy (non-hydrogen) atoms. The summed E-state index contributed by atoms with van der Waals surface area (Å²) >= 11 is 0. The van der Waals surface area contributed by atoms with E-state index in [1.807, 2.05) is 0 Å². The Morgan fingerprint density at radius 1 is 1.12 bits per heavy atom. The van der Waals surface area contributed by atoms with Crippen molar-refractivity contribution in [1.29, 1.82) is 0 Å². The Labute approximate surface area is 89.4 Å². The topological polar surface area (TPSA) is 22.0 Å². The lowest BCUT2D eigenvalue weighted by Crippen LogP contribution is -2.31. The minimum absolute atomic E-state index is 0.310. The molecule has 0 unspecified atom stereocenters. The molecule has 0 radical (unpaired) electrons. The first-order valence-electron chi connectivity index (χ1n) is 4.76. The maximum atomic E-state index is 12.2. The predicted octanol–water partition coefficient (Wildman–Crippen LogP) is 2.39. The first-order chi connectivity index (χ1) is 7.47. The quantitative estimate of drug-likeness (QED) is 0.720. The van der Waals surface area contributed by atoms with Gasteiger partial charge in [-0.1, -0.05) is 18.2 Å². The van der Waals surface area contributed by atoms with Crippen molar-refractivity contribution in [2.45, 2.75) is 6.44 Å². The lowest BCUT2D eigenvalue weighted by Gasteiger charge is -2.15. The average molecular weight is 226 g/mol. The third-order valence-corrected chi connectivity index (χ3v) is 2.29. The van der Waals surface area contributed by atoms with Gasteiger partial charge in [0, 0.05) is 11.6 Å². The number of rotatable bonds is 2. The van der Waals surface area contributed by atoms with Crippen molar-refractivity contribution in [2.24, 2.45) is 0 Å². The van der Waals surface area contributed by atoms with Gasteiger partial charge in [0.15, 0.2) is 0 Å². The summed E-state index contributed by atoms with van der Waals surface area (Å²) in [6.07, 6.45) is -0.0103. The highest BCUT2D eigenvalue weighted by atomic mass is 19.4. The fraction of sp³-hybridized carbons (Fsp3) is 0.100. The fourth-order valence-corrected chi connectivity index (χ4v) is 1.60. The molecule has 6 heteroatoms. The van der Waals surface area contributed by atoms with Gasteiger partial charge < -0.3 is 17.5 Å². The normalized spacial score (nSPS) is 11.9. The van der Waals surface area contributed by atoms with Gasteiger partial charge in [-0.25, -0.2) is 0 Å². The summed E-state index contributed by atoms with van der Waals surface area (Å²) in [7, 11) is 0. The molecular formula is C10H8BF3NO-. The van der Waals surface area contributed by atoms with Crippen LogP contribution in [-0.4, -0.2) is 11.5 Å². The lowest BCUT2D eigenvalue weighted by atomic mass is 9.92. The standard InChI is InChI=1S/C10H8BF3NO/c12-11(13,14)7-15-6-5-8-3-1-2-4-9(8)10(15)16/h1-6H,7H2/q-1. The van der Waals surface area contributed by atoms with Crippen LogP contribution in [0.4, 0.5) is 12.9 Å². The van der Waals surface area contributed by atoms with Crippen LogP contribution in [0.5, 0.6) is 0 Å². The summed E-state index contributed by atoms with van der Waals surface area (Å²) in [6, 6.07) is 8.10. The van der Waals surface area contributed by atoms with Crippen molar-refractivity contribution < 1.29 is 12.9 Å². The zero-order valence-corrected chi connectivity index (χ0v) is 8.24. The molecule has 0 atom stereocenters. The molecule has 0 aliphatic rings. The third kappa shape index (κ3) is 2.10. The molecule has 0 aliphatic heterocycles. The fourth-order valence-electron chi connectivity index (χ4n) is 1.60. The Hall–Kier alpha value is -1.72. The number of fused-ring (bicyclic) bond motifs is 1. The Kier molecular flexibility index (Phi) is 2.49. The molecule has 0 amide bonds. The molecule has 1 aromatic heterocycles. The molecule has 0 bridgehead atoms. The highest BCUT2D eigenvalue weighted by Gasteiger charge is 2.24. The molecule has 0 aliphatic carbocycles. The second kappa shape index (κ2) is 3.70. The lowest BCUT2D eigenvalue weighted by molar-refractivity contribution is 0.443. The molecule has 1 aromatic carbocycles. The Balaban J connectivity index is 2.57. The van der Waals surface area contributed by atoms with Gasteiger partial charge in [0.2, 0.25) is 0 Å². The van der Waals surface area contributed by atoms with Gasteiger partial charge in [0.25, 0.3) is 5.56 Å². The molecule has 84 valence electrons. The number of nitrogens with zero attached hydrogens (tertiary/aromatic N) is 1. The van der Waals surface area contributed by atoms with Crippen molar-refractivity contribution >= 4 is 17.7 Å². The average Bonchev–Trinajstić information content (AvgIpc) is 2.21. The summed E-state index contributed by atoms with van der Waals surface area (Å²) in [5, 5.41) is 0.962. The number of hydrogen-bond donors (Lipinski definition) is 0. The van der Waals surface area contributed by atoms with E-state index in [1.54, 1.807) is 18.2 Å². The van der Waals surface area contributed by atoms with E-state index in [-0.39, 0.29) is 0 Å². The van der Waals surface area contributed by atoms with Gasteiger partial charge in [0.1, 0.15) is 0 Å². The summed E-state index contributed by atoms with van der Waals surface area (Å²) in [6.45, 7) is -5.00. The number of pyridine rings is 1. The summed E-state index contributed by atoms with van der Waals surface area (Å²) in [4.78, 5) is 11.7. The second-order valence-electron chi connectivity index (χ2n) is 3.57. The van der Waals surface area contributed by atoms with Crippen LogP contribution in [0.3, 0.4) is 0 Å². The maximum absolute atomic E-state index is 12.2. The molecule has 2 aromatic rings. The molecule has 0 saturated heterocycles. The Morgan fingerprint density at radius 3 is 2.50 bits per heavy atom. The summed E-state index contributed by atoms with van der Waals surface area (Å²) in [5.41, 5.74) is -0.600. The SMILES string of the molecule is O=c1c2ccccc2ccn1C[B-](F)(F)F.